The number of hydrogen-bond acceptors (Lipinski definition) is 7. The number of nitrogens with one attached hydrogen (secondary N) is 1. The second-order valence-corrected chi connectivity index (χ2v) is 9.92. The molecule has 3 aromatic rings. The number of benzene rings is 2. The number of aromatic nitrogens is 1. The van der Waals surface area contributed by atoms with Crippen LogP contribution in [-0.4, -0.2) is 51.9 Å². The average Bonchev–Trinajstić information content (AvgIpc) is 3.15. The largest absolute Gasteiger partial charge is 0.465 e. The van der Waals surface area contributed by atoms with Gasteiger partial charge in [-0.25, -0.2) is 18.0 Å². The number of ketones is 1. The number of aromatic amines is 1. The summed E-state index contributed by atoms with van der Waals surface area (Å²) in [6.07, 6.45) is 0. The molecule has 0 fully saturated rings. The maximum Gasteiger partial charge on any atom is 0.339 e. The highest BCUT2D eigenvalue weighted by molar-refractivity contribution is 7.92. The number of esters is 2. The predicted molar refractivity (Wildman–Crippen MR) is 129 cm³/mol. The van der Waals surface area contributed by atoms with Gasteiger partial charge in [0.05, 0.1) is 34.5 Å². The molecule has 1 N–H and O–H groups in total. The van der Waals surface area contributed by atoms with Gasteiger partial charge in [-0.2, -0.15) is 0 Å². The normalized spacial score (nSPS) is 11.1. The number of rotatable bonds is 8. The molecular weight excluding hydrogens is 472 g/mol. The molecule has 3 rings (SSSR count). The van der Waals surface area contributed by atoms with Crippen LogP contribution in [0.15, 0.2) is 53.4 Å². The Balaban J connectivity index is 1.75. The Hall–Kier alpha value is -3.92. The second-order valence-electron chi connectivity index (χ2n) is 7.95. The summed E-state index contributed by atoms with van der Waals surface area (Å²) in [5, 5.41) is 0. The maximum atomic E-state index is 13.1. The van der Waals surface area contributed by atoms with E-state index in [9.17, 15) is 22.8 Å². The Morgan fingerprint density at radius 3 is 2.26 bits per heavy atom. The van der Waals surface area contributed by atoms with Crippen molar-refractivity contribution in [3.8, 4) is 0 Å². The number of nitrogens with zero attached hydrogens (tertiary/aromatic N) is 1. The standard InChI is InChI=1S/C25H26N2O7S/c1-15-9-11-19(12-10-15)27(4)35(31,32)20-8-6-7-18(13-20)24(29)34-14-21(28)23-16(2)22(17(3)26-23)25(30)33-5/h6-13,26H,14H2,1-5H3. The van der Waals surface area contributed by atoms with E-state index in [1.807, 2.05) is 6.92 Å². The smallest absolute Gasteiger partial charge is 0.339 e. The number of ether oxygens (including phenoxy) is 2. The maximum absolute atomic E-state index is 13.1. The van der Waals surface area contributed by atoms with Crippen LogP contribution in [0.1, 0.15) is 48.0 Å². The molecule has 0 amide bonds. The van der Waals surface area contributed by atoms with Crippen LogP contribution in [0.4, 0.5) is 5.69 Å². The lowest BCUT2D eigenvalue weighted by atomic mass is 10.1. The van der Waals surface area contributed by atoms with Crippen LogP contribution in [0.3, 0.4) is 0 Å². The minimum absolute atomic E-state index is 0.0224. The highest BCUT2D eigenvalue weighted by atomic mass is 32.2. The van der Waals surface area contributed by atoms with Crippen LogP contribution in [0, 0.1) is 20.8 Å². The van der Waals surface area contributed by atoms with Crippen molar-refractivity contribution in [2.24, 2.45) is 0 Å². The van der Waals surface area contributed by atoms with E-state index in [1.165, 1.54) is 38.4 Å². The fourth-order valence-corrected chi connectivity index (χ4v) is 4.80. The summed E-state index contributed by atoms with van der Waals surface area (Å²) in [5.74, 6) is -1.99. The Morgan fingerprint density at radius 2 is 1.63 bits per heavy atom. The van der Waals surface area contributed by atoms with Crippen molar-refractivity contribution in [2.75, 3.05) is 25.1 Å². The Bertz CT molecular complexity index is 1390. The van der Waals surface area contributed by atoms with Crippen LogP contribution in [0.5, 0.6) is 0 Å². The number of hydrogen-bond donors (Lipinski definition) is 1. The zero-order valence-electron chi connectivity index (χ0n) is 20.0. The van der Waals surface area contributed by atoms with Gasteiger partial charge in [-0.1, -0.05) is 23.8 Å². The number of methoxy groups -OCH3 is 1. The summed E-state index contributed by atoms with van der Waals surface area (Å²) in [6, 6.07) is 12.4. The van der Waals surface area contributed by atoms with Gasteiger partial charge in [0.2, 0.25) is 5.78 Å². The second kappa shape index (κ2) is 10.1. The van der Waals surface area contributed by atoms with Crippen LogP contribution < -0.4 is 4.31 Å². The first-order valence-corrected chi connectivity index (χ1v) is 12.0. The van der Waals surface area contributed by atoms with Gasteiger partial charge < -0.3 is 14.5 Å². The highest BCUT2D eigenvalue weighted by Crippen LogP contribution is 2.24. The van der Waals surface area contributed by atoms with E-state index >= 15 is 0 Å². The van der Waals surface area contributed by atoms with E-state index in [1.54, 1.807) is 38.1 Å². The molecule has 0 aliphatic rings. The first-order chi connectivity index (χ1) is 16.5. The molecule has 0 bridgehead atoms. The van der Waals surface area contributed by atoms with Crippen molar-refractivity contribution in [1.29, 1.82) is 0 Å². The summed E-state index contributed by atoms with van der Waals surface area (Å²) < 4.78 is 37.1. The molecule has 0 saturated carbocycles. The van der Waals surface area contributed by atoms with E-state index < -0.39 is 34.4 Å². The Kier molecular flexibility index (Phi) is 7.45. The summed E-state index contributed by atoms with van der Waals surface area (Å²) in [5.41, 5.74) is 2.67. The van der Waals surface area contributed by atoms with E-state index in [0.717, 1.165) is 9.87 Å². The van der Waals surface area contributed by atoms with Crippen molar-refractivity contribution in [2.45, 2.75) is 25.7 Å². The van der Waals surface area contributed by atoms with Crippen molar-refractivity contribution < 1.29 is 32.3 Å². The first kappa shape index (κ1) is 25.7. The van der Waals surface area contributed by atoms with Crippen molar-refractivity contribution in [1.82, 2.24) is 4.98 Å². The third-order valence-corrected chi connectivity index (χ3v) is 7.35. The van der Waals surface area contributed by atoms with Crippen LogP contribution in [0.2, 0.25) is 0 Å². The number of Topliss-reactive ketones (excluding diaryl/α,β-unsaturated/α-hetero) is 1. The average molecular weight is 499 g/mol. The number of H-pyrrole nitrogens is 1. The molecule has 9 nitrogen and oxygen atoms in total. The lowest BCUT2D eigenvalue weighted by molar-refractivity contribution is 0.0472. The number of aryl methyl sites for hydroxylation is 2. The van der Waals surface area contributed by atoms with Gasteiger partial charge in [0.15, 0.2) is 6.61 Å². The van der Waals surface area contributed by atoms with Gasteiger partial charge in [-0.3, -0.25) is 9.10 Å². The molecule has 184 valence electrons. The van der Waals surface area contributed by atoms with E-state index in [-0.39, 0.29) is 21.7 Å². The summed E-state index contributed by atoms with van der Waals surface area (Å²) in [6.45, 7) is 4.51. The molecule has 1 aromatic heterocycles. The van der Waals surface area contributed by atoms with Gasteiger partial charge in [0.25, 0.3) is 10.0 Å². The molecule has 0 atom stereocenters. The molecule has 10 heteroatoms. The van der Waals surface area contributed by atoms with Crippen molar-refractivity contribution in [3.63, 3.8) is 0 Å². The summed E-state index contributed by atoms with van der Waals surface area (Å²) in [7, 11) is -1.28. The molecule has 0 saturated heterocycles. The lowest BCUT2D eigenvalue weighted by Gasteiger charge is -2.20. The Morgan fingerprint density at radius 1 is 0.971 bits per heavy atom. The van der Waals surface area contributed by atoms with Gasteiger partial charge in [-0.15, -0.1) is 0 Å². The summed E-state index contributed by atoms with van der Waals surface area (Å²) in [4.78, 5) is 39.8. The molecule has 0 aliphatic carbocycles. The number of sulfonamides is 1. The molecule has 0 spiro atoms. The van der Waals surface area contributed by atoms with Crippen molar-refractivity contribution >= 4 is 33.4 Å². The monoisotopic (exact) mass is 498 g/mol. The van der Waals surface area contributed by atoms with Crippen LogP contribution >= 0.6 is 0 Å². The van der Waals surface area contributed by atoms with Crippen LogP contribution in [-0.2, 0) is 19.5 Å². The fourth-order valence-electron chi connectivity index (χ4n) is 3.56. The molecule has 0 unspecified atom stereocenters. The molecule has 0 radical (unpaired) electrons. The zero-order chi connectivity index (χ0) is 25.9. The minimum atomic E-state index is -3.94. The third-order valence-electron chi connectivity index (χ3n) is 5.57. The van der Waals surface area contributed by atoms with Gasteiger partial charge >= 0.3 is 11.9 Å². The zero-order valence-corrected chi connectivity index (χ0v) is 20.9. The SMILES string of the molecule is COC(=O)c1c(C)[nH]c(C(=O)COC(=O)c2cccc(S(=O)(=O)N(C)c3ccc(C)cc3)c2)c1C. The van der Waals surface area contributed by atoms with Crippen LogP contribution in [0.25, 0.3) is 0 Å². The first-order valence-electron chi connectivity index (χ1n) is 10.6. The molecule has 2 aromatic carbocycles. The Labute approximate surface area is 203 Å². The quantitative estimate of drug-likeness (QED) is 0.372. The molecule has 1 heterocycles. The topological polar surface area (TPSA) is 123 Å². The minimum Gasteiger partial charge on any atom is -0.465 e. The van der Waals surface area contributed by atoms with E-state index in [0.29, 0.717) is 16.9 Å². The van der Waals surface area contributed by atoms with Crippen molar-refractivity contribution in [3.05, 3.63) is 82.2 Å². The fraction of sp³-hybridized carbons (Fsp3) is 0.240. The van der Waals surface area contributed by atoms with E-state index in [2.05, 4.69) is 4.98 Å². The van der Waals surface area contributed by atoms with Gasteiger partial charge in [0, 0.05) is 12.7 Å². The molecule has 35 heavy (non-hydrogen) atoms. The molecular formula is C25H26N2O7S. The summed E-state index contributed by atoms with van der Waals surface area (Å²) >= 11 is 0. The number of carbonyl (C=O) groups is 3. The molecule has 0 aliphatic heterocycles. The highest BCUT2D eigenvalue weighted by Gasteiger charge is 2.25. The van der Waals surface area contributed by atoms with E-state index in [4.69, 9.17) is 9.47 Å². The third kappa shape index (κ3) is 5.27. The number of carbonyl (C=O) groups excluding carboxylic acids is 3. The lowest BCUT2D eigenvalue weighted by Crippen LogP contribution is -2.26. The number of anilines is 1. The van der Waals surface area contributed by atoms with Gasteiger partial charge in [-0.05, 0) is 56.7 Å². The van der Waals surface area contributed by atoms with Gasteiger partial charge in [0.1, 0.15) is 0 Å². The predicted octanol–water partition coefficient (Wildman–Crippen LogP) is 3.59.